The van der Waals surface area contributed by atoms with Crippen LogP contribution in [0.15, 0.2) is 41.3 Å². The fourth-order valence-corrected chi connectivity index (χ4v) is 2.96. The number of hydrogen-bond donors (Lipinski definition) is 2. The third kappa shape index (κ3) is 5.07. The maximum absolute atomic E-state index is 11.7. The number of carbonyl (C=O) groups excluding carboxylic acids is 2. The number of benzene rings is 1. The molecule has 0 bridgehead atoms. The van der Waals surface area contributed by atoms with Gasteiger partial charge in [0.2, 0.25) is 10.0 Å². The van der Waals surface area contributed by atoms with Crippen molar-refractivity contribution in [2.75, 3.05) is 11.9 Å². The summed E-state index contributed by atoms with van der Waals surface area (Å²) >= 11 is 0.624. The largest absolute Gasteiger partial charge is 0.451 e. The van der Waals surface area contributed by atoms with Crippen molar-refractivity contribution in [2.45, 2.75) is 4.90 Å². The summed E-state index contributed by atoms with van der Waals surface area (Å²) in [7, 11) is -3.92. The van der Waals surface area contributed by atoms with E-state index in [2.05, 4.69) is 5.32 Å². The Balaban J connectivity index is 1.94. The van der Waals surface area contributed by atoms with Gasteiger partial charge in [0.05, 0.1) is 9.82 Å². The number of nitrogens with zero attached hydrogens (tertiary/aromatic N) is 1. The van der Waals surface area contributed by atoms with E-state index in [1.165, 1.54) is 24.3 Å². The molecule has 0 aliphatic rings. The highest BCUT2D eigenvalue weighted by Gasteiger charge is 2.17. The summed E-state index contributed by atoms with van der Waals surface area (Å²) in [6, 6.07) is 7.59. The first-order chi connectivity index (χ1) is 11.7. The molecule has 2 aromatic rings. The molecule has 10 nitrogen and oxygen atoms in total. The van der Waals surface area contributed by atoms with E-state index in [0.717, 1.165) is 12.1 Å². The Kier molecular flexibility index (Phi) is 5.46. The summed E-state index contributed by atoms with van der Waals surface area (Å²) in [5.74, 6) is -1.60. The minimum atomic E-state index is -3.92. The molecule has 0 atom stereocenters. The molecule has 1 aromatic heterocycles. The van der Waals surface area contributed by atoms with Crippen LogP contribution in [-0.4, -0.2) is 31.8 Å². The molecule has 0 unspecified atom stereocenters. The zero-order valence-corrected chi connectivity index (χ0v) is 14.0. The van der Waals surface area contributed by atoms with Crippen molar-refractivity contribution < 1.29 is 27.7 Å². The molecule has 1 amide bonds. The van der Waals surface area contributed by atoms with Gasteiger partial charge in [-0.1, -0.05) is 17.4 Å². The molecule has 0 aliphatic carbocycles. The zero-order valence-electron chi connectivity index (χ0n) is 12.4. The van der Waals surface area contributed by atoms with Crippen molar-refractivity contribution in [1.82, 2.24) is 0 Å². The summed E-state index contributed by atoms with van der Waals surface area (Å²) < 4.78 is 27.2. The standard InChI is InChI=1S/C13H11N3O7S2/c14-25(21,22)9-3-1-2-8(6-9)15-11(17)7-23-13(18)10-4-5-12(24-10)16(19)20/h1-6H,7H2,(H,15,17)(H2,14,21,22). The van der Waals surface area contributed by atoms with Crippen LogP contribution < -0.4 is 10.5 Å². The molecule has 12 heteroatoms. The van der Waals surface area contributed by atoms with Gasteiger partial charge < -0.3 is 10.1 Å². The van der Waals surface area contributed by atoms with Crippen LogP contribution in [0, 0.1) is 10.1 Å². The van der Waals surface area contributed by atoms with E-state index < -0.39 is 33.4 Å². The predicted molar refractivity (Wildman–Crippen MR) is 87.7 cm³/mol. The van der Waals surface area contributed by atoms with Crippen LogP contribution in [0.5, 0.6) is 0 Å². The van der Waals surface area contributed by atoms with Crippen molar-refractivity contribution in [3.05, 3.63) is 51.4 Å². The van der Waals surface area contributed by atoms with Crippen molar-refractivity contribution in [3.63, 3.8) is 0 Å². The quantitative estimate of drug-likeness (QED) is 0.428. The number of esters is 1. The maximum atomic E-state index is 11.7. The van der Waals surface area contributed by atoms with Crippen molar-refractivity contribution in [3.8, 4) is 0 Å². The number of sulfonamides is 1. The highest BCUT2D eigenvalue weighted by Crippen LogP contribution is 2.24. The van der Waals surface area contributed by atoms with Crippen LogP contribution in [0.3, 0.4) is 0 Å². The van der Waals surface area contributed by atoms with Crippen molar-refractivity contribution >= 4 is 43.9 Å². The van der Waals surface area contributed by atoms with Crippen LogP contribution in [0.4, 0.5) is 10.7 Å². The summed E-state index contributed by atoms with van der Waals surface area (Å²) in [4.78, 5) is 33.2. The van der Waals surface area contributed by atoms with Crippen molar-refractivity contribution in [2.24, 2.45) is 5.14 Å². The lowest BCUT2D eigenvalue weighted by molar-refractivity contribution is -0.380. The second-order valence-corrected chi connectivity index (χ2v) is 7.22. The second-order valence-electron chi connectivity index (χ2n) is 4.59. The molecular formula is C13H11N3O7S2. The Morgan fingerprint density at radius 1 is 1.28 bits per heavy atom. The number of anilines is 1. The number of rotatable bonds is 6. The van der Waals surface area contributed by atoms with Gasteiger partial charge in [0, 0.05) is 11.8 Å². The van der Waals surface area contributed by atoms with Gasteiger partial charge in [-0.2, -0.15) is 0 Å². The van der Waals surface area contributed by atoms with E-state index in [1.807, 2.05) is 0 Å². The molecule has 0 fully saturated rings. The molecule has 0 radical (unpaired) electrons. The van der Waals surface area contributed by atoms with E-state index in [1.54, 1.807) is 0 Å². The number of ether oxygens (including phenoxy) is 1. The van der Waals surface area contributed by atoms with E-state index in [0.29, 0.717) is 11.3 Å². The van der Waals surface area contributed by atoms with E-state index >= 15 is 0 Å². The summed E-state index contributed by atoms with van der Waals surface area (Å²) in [6.45, 7) is -0.649. The molecule has 2 rings (SSSR count). The second kappa shape index (κ2) is 7.38. The third-order valence-electron chi connectivity index (χ3n) is 2.75. The van der Waals surface area contributed by atoms with Gasteiger partial charge in [0.15, 0.2) is 6.61 Å². The van der Waals surface area contributed by atoms with Crippen LogP contribution in [0.2, 0.25) is 0 Å². The minimum absolute atomic E-state index is 0.0178. The first-order valence-electron chi connectivity index (χ1n) is 6.51. The average Bonchev–Trinajstić information content (AvgIpc) is 3.02. The number of carbonyl (C=O) groups is 2. The van der Waals surface area contributed by atoms with E-state index in [9.17, 15) is 28.1 Å². The number of nitrogens with one attached hydrogen (secondary N) is 1. The average molecular weight is 385 g/mol. The van der Waals surface area contributed by atoms with Gasteiger partial charge in [-0.05, 0) is 24.3 Å². The van der Waals surface area contributed by atoms with E-state index in [-0.39, 0.29) is 20.5 Å². The molecule has 3 N–H and O–H groups in total. The summed E-state index contributed by atoms with van der Waals surface area (Å²) in [5.41, 5.74) is 0.152. The molecule has 1 aromatic carbocycles. The Bertz CT molecular complexity index is 937. The highest BCUT2D eigenvalue weighted by atomic mass is 32.2. The molecule has 132 valence electrons. The fourth-order valence-electron chi connectivity index (χ4n) is 1.69. The Labute approximate surface area is 145 Å². The molecule has 0 saturated heterocycles. The Hall–Kier alpha value is -2.83. The van der Waals surface area contributed by atoms with Gasteiger partial charge >= 0.3 is 11.0 Å². The van der Waals surface area contributed by atoms with Gasteiger partial charge in [-0.15, -0.1) is 0 Å². The van der Waals surface area contributed by atoms with Gasteiger partial charge in [0.1, 0.15) is 4.88 Å². The van der Waals surface area contributed by atoms with Gasteiger partial charge in [0.25, 0.3) is 5.91 Å². The van der Waals surface area contributed by atoms with Gasteiger partial charge in [-0.25, -0.2) is 18.4 Å². The molecule has 0 saturated carbocycles. The fraction of sp³-hybridized carbons (Fsp3) is 0.0769. The lowest BCUT2D eigenvalue weighted by atomic mass is 10.3. The molecule has 1 heterocycles. The minimum Gasteiger partial charge on any atom is -0.451 e. The maximum Gasteiger partial charge on any atom is 0.349 e. The lowest BCUT2D eigenvalue weighted by Gasteiger charge is -2.07. The van der Waals surface area contributed by atoms with Crippen molar-refractivity contribution in [1.29, 1.82) is 0 Å². The molecule has 0 aliphatic heterocycles. The lowest BCUT2D eigenvalue weighted by Crippen LogP contribution is -2.21. The van der Waals surface area contributed by atoms with Crippen LogP contribution in [-0.2, 0) is 19.6 Å². The van der Waals surface area contributed by atoms with Crippen LogP contribution in [0.1, 0.15) is 9.67 Å². The zero-order chi connectivity index (χ0) is 18.6. The number of hydrogen-bond acceptors (Lipinski definition) is 8. The summed E-state index contributed by atoms with van der Waals surface area (Å²) in [5, 5.41) is 17.7. The normalized spacial score (nSPS) is 10.9. The smallest absolute Gasteiger partial charge is 0.349 e. The molecule has 25 heavy (non-hydrogen) atoms. The van der Waals surface area contributed by atoms with Crippen LogP contribution >= 0.6 is 11.3 Å². The monoisotopic (exact) mass is 385 g/mol. The number of amides is 1. The van der Waals surface area contributed by atoms with Crippen LogP contribution in [0.25, 0.3) is 0 Å². The SMILES string of the molecule is NS(=O)(=O)c1cccc(NC(=O)COC(=O)c2ccc([N+](=O)[O-])s2)c1. The number of thiophene rings is 1. The molecular weight excluding hydrogens is 374 g/mol. The Morgan fingerprint density at radius 2 is 2.00 bits per heavy atom. The summed E-state index contributed by atoms with van der Waals surface area (Å²) in [6.07, 6.45) is 0. The Morgan fingerprint density at radius 3 is 2.60 bits per heavy atom. The topological polar surface area (TPSA) is 159 Å². The molecule has 0 spiro atoms. The predicted octanol–water partition coefficient (Wildman–Crippen LogP) is 1.10. The first-order valence-corrected chi connectivity index (χ1v) is 8.87. The van der Waals surface area contributed by atoms with E-state index in [4.69, 9.17) is 9.88 Å². The first kappa shape index (κ1) is 18.5. The highest BCUT2D eigenvalue weighted by molar-refractivity contribution is 7.89. The number of nitro groups is 1. The van der Waals surface area contributed by atoms with Gasteiger partial charge in [-0.3, -0.25) is 14.9 Å². The third-order valence-corrected chi connectivity index (χ3v) is 4.68. The number of nitrogens with two attached hydrogens (primary N) is 1. The number of primary sulfonamides is 1.